The van der Waals surface area contributed by atoms with Gasteiger partial charge in [-0.05, 0) is 73.7 Å². The number of nitrogens with zero attached hydrogens (tertiary/aromatic N) is 2. The van der Waals surface area contributed by atoms with Crippen LogP contribution < -0.4 is 4.90 Å². The Labute approximate surface area is 235 Å². The second-order valence-electron chi connectivity index (χ2n) is 10.0. The molecular formula is C28H27F9N2O3. The molecular weight excluding hydrogens is 583 g/mol. The molecule has 1 atom stereocenters. The fourth-order valence-corrected chi connectivity index (χ4v) is 4.78. The van der Waals surface area contributed by atoms with E-state index in [2.05, 4.69) is 6.58 Å². The predicted octanol–water partition coefficient (Wildman–Crippen LogP) is 8.62. The van der Waals surface area contributed by atoms with E-state index in [1.165, 1.54) is 13.8 Å². The van der Waals surface area contributed by atoms with Gasteiger partial charge in [0, 0.05) is 20.0 Å². The highest BCUT2D eigenvalue weighted by Gasteiger charge is 2.40. The van der Waals surface area contributed by atoms with Gasteiger partial charge in [0.05, 0.1) is 34.5 Å². The molecule has 2 amide bonds. The van der Waals surface area contributed by atoms with Crippen molar-refractivity contribution in [3.05, 3.63) is 70.3 Å². The van der Waals surface area contributed by atoms with Gasteiger partial charge in [0.1, 0.15) is 0 Å². The molecule has 0 aliphatic carbocycles. The van der Waals surface area contributed by atoms with Crippen LogP contribution in [0.1, 0.15) is 73.0 Å². The molecule has 0 aromatic heterocycles. The van der Waals surface area contributed by atoms with Crippen molar-refractivity contribution in [3.8, 4) is 0 Å². The summed E-state index contributed by atoms with van der Waals surface area (Å²) >= 11 is 0. The van der Waals surface area contributed by atoms with Crippen molar-refractivity contribution in [2.75, 3.05) is 11.4 Å². The second kappa shape index (κ2) is 11.9. The van der Waals surface area contributed by atoms with Gasteiger partial charge >= 0.3 is 24.6 Å². The van der Waals surface area contributed by atoms with Gasteiger partial charge in [-0.3, -0.25) is 9.69 Å². The highest BCUT2D eigenvalue weighted by molar-refractivity contribution is 5.90. The minimum atomic E-state index is -5.13. The molecule has 0 fully saturated rings. The van der Waals surface area contributed by atoms with Crippen LogP contribution in [0.3, 0.4) is 0 Å². The van der Waals surface area contributed by atoms with Crippen LogP contribution in [0.4, 0.5) is 50.0 Å². The Morgan fingerprint density at radius 1 is 0.976 bits per heavy atom. The van der Waals surface area contributed by atoms with Crippen LogP contribution >= 0.6 is 0 Å². The molecule has 1 unspecified atom stereocenters. The van der Waals surface area contributed by atoms with Gasteiger partial charge in [0.15, 0.2) is 0 Å². The fourth-order valence-electron chi connectivity index (χ4n) is 4.78. The summed E-state index contributed by atoms with van der Waals surface area (Å²) in [6.45, 7) is 6.65. The Kier molecular flexibility index (Phi) is 9.28. The summed E-state index contributed by atoms with van der Waals surface area (Å²) < 4.78 is 128. The average molecular weight is 611 g/mol. The van der Waals surface area contributed by atoms with Crippen LogP contribution in [0.5, 0.6) is 0 Å². The molecule has 0 N–H and O–H groups in total. The number of hydrogen-bond donors (Lipinski definition) is 0. The van der Waals surface area contributed by atoms with Gasteiger partial charge in [-0.25, -0.2) is 4.79 Å². The lowest BCUT2D eigenvalue weighted by Crippen LogP contribution is -2.35. The number of halogens is 9. The van der Waals surface area contributed by atoms with Crippen LogP contribution in [-0.4, -0.2) is 29.5 Å². The van der Waals surface area contributed by atoms with Crippen LogP contribution in [0, 0.1) is 0 Å². The molecule has 230 valence electrons. The molecule has 0 saturated heterocycles. The number of rotatable bonds is 5. The summed E-state index contributed by atoms with van der Waals surface area (Å²) in [7, 11) is 0. The zero-order valence-electron chi connectivity index (χ0n) is 22.7. The minimum absolute atomic E-state index is 0.0189. The molecule has 1 heterocycles. The Balaban J connectivity index is 2.23. The number of benzene rings is 2. The van der Waals surface area contributed by atoms with Crippen molar-refractivity contribution in [2.45, 2.75) is 70.8 Å². The molecule has 1 aliphatic rings. The molecule has 0 saturated carbocycles. The van der Waals surface area contributed by atoms with Gasteiger partial charge in [0.2, 0.25) is 5.91 Å². The number of carbonyl (C=O) groups is 2. The number of ether oxygens (including phenoxy) is 1. The monoisotopic (exact) mass is 610 g/mol. The van der Waals surface area contributed by atoms with E-state index in [4.69, 9.17) is 4.74 Å². The number of alkyl halides is 9. The third-order valence-corrected chi connectivity index (χ3v) is 6.57. The summed E-state index contributed by atoms with van der Waals surface area (Å²) in [5.74, 6) is -0.768. The zero-order valence-corrected chi connectivity index (χ0v) is 22.7. The molecule has 14 heteroatoms. The number of amides is 2. The van der Waals surface area contributed by atoms with Gasteiger partial charge in [-0.15, -0.1) is 0 Å². The lowest BCUT2D eigenvalue weighted by molar-refractivity contribution is -0.143. The Hall–Kier alpha value is -3.71. The van der Waals surface area contributed by atoms with Gasteiger partial charge in [0.25, 0.3) is 0 Å². The second-order valence-corrected chi connectivity index (χ2v) is 10.0. The van der Waals surface area contributed by atoms with E-state index in [0.717, 1.165) is 28.9 Å². The first-order valence-corrected chi connectivity index (χ1v) is 12.6. The van der Waals surface area contributed by atoms with Crippen molar-refractivity contribution < 1.29 is 53.8 Å². The van der Waals surface area contributed by atoms with Crippen molar-refractivity contribution in [3.63, 3.8) is 0 Å². The molecule has 0 radical (unpaired) electrons. The van der Waals surface area contributed by atoms with Crippen LogP contribution in [0.2, 0.25) is 0 Å². The molecule has 0 spiro atoms. The smallest absolute Gasteiger partial charge is 0.417 e. The van der Waals surface area contributed by atoms with Crippen LogP contribution in [-0.2, 0) is 34.6 Å². The van der Waals surface area contributed by atoms with E-state index in [0.29, 0.717) is 18.2 Å². The molecule has 3 rings (SSSR count). The van der Waals surface area contributed by atoms with Crippen molar-refractivity contribution >= 4 is 23.8 Å². The summed E-state index contributed by atoms with van der Waals surface area (Å²) in [5, 5.41) is 0. The van der Waals surface area contributed by atoms with Crippen molar-refractivity contribution in [2.24, 2.45) is 0 Å². The summed E-state index contributed by atoms with van der Waals surface area (Å²) in [6, 6.07) is 1.57. The average Bonchev–Trinajstić information content (AvgIpc) is 3.03. The first kappa shape index (κ1) is 32.8. The molecule has 5 nitrogen and oxygen atoms in total. The minimum Gasteiger partial charge on any atom is -0.446 e. The van der Waals surface area contributed by atoms with E-state index in [1.807, 2.05) is 0 Å². The van der Waals surface area contributed by atoms with Crippen molar-refractivity contribution in [1.29, 1.82) is 0 Å². The van der Waals surface area contributed by atoms with E-state index >= 15 is 0 Å². The molecule has 2 aromatic carbocycles. The lowest BCUT2D eigenvalue weighted by atomic mass is 9.93. The summed E-state index contributed by atoms with van der Waals surface area (Å²) in [4.78, 5) is 27.7. The quantitative estimate of drug-likeness (QED) is 0.319. The van der Waals surface area contributed by atoms with Gasteiger partial charge < -0.3 is 9.64 Å². The van der Waals surface area contributed by atoms with E-state index < -0.39 is 77.0 Å². The molecule has 0 bridgehead atoms. The third kappa shape index (κ3) is 7.37. The summed E-state index contributed by atoms with van der Waals surface area (Å²) in [6.07, 6.45) is -15.7. The summed E-state index contributed by atoms with van der Waals surface area (Å²) in [5.41, 5.74) is -5.42. The third-order valence-electron chi connectivity index (χ3n) is 6.57. The maximum atomic E-state index is 14.0. The first-order chi connectivity index (χ1) is 19.2. The molecule has 2 aromatic rings. The predicted molar refractivity (Wildman–Crippen MR) is 135 cm³/mol. The maximum absolute atomic E-state index is 14.0. The SMILES string of the molecule is C=Cc1cc2c(cc1C(F)(F)F)N(C(=O)OC(C)C)CCCC2N(Cc1cc(C(F)(F)F)cc(C(F)(F)F)c1)C(C)=O. The number of carbonyl (C=O) groups excluding carboxylic acids is 2. The van der Waals surface area contributed by atoms with Crippen LogP contribution in [0.15, 0.2) is 36.9 Å². The molecule has 42 heavy (non-hydrogen) atoms. The largest absolute Gasteiger partial charge is 0.446 e. The fraction of sp³-hybridized carbons (Fsp3) is 0.429. The van der Waals surface area contributed by atoms with Crippen molar-refractivity contribution in [1.82, 2.24) is 4.90 Å². The first-order valence-electron chi connectivity index (χ1n) is 12.6. The van der Waals surface area contributed by atoms with Gasteiger partial charge in [-0.1, -0.05) is 12.7 Å². The van der Waals surface area contributed by atoms with E-state index in [-0.39, 0.29) is 36.7 Å². The highest BCUT2D eigenvalue weighted by atomic mass is 19.4. The van der Waals surface area contributed by atoms with E-state index in [9.17, 15) is 49.1 Å². The topological polar surface area (TPSA) is 49.9 Å². The zero-order chi connectivity index (χ0) is 31.8. The van der Waals surface area contributed by atoms with Crippen LogP contribution in [0.25, 0.3) is 6.08 Å². The van der Waals surface area contributed by atoms with E-state index in [1.54, 1.807) is 0 Å². The number of anilines is 1. The Morgan fingerprint density at radius 3 is 2.00 bits per heavy atom. The highest BCUT2D eigenvalue weighted by Crippen LogP contribution is 2.44. The Morgan fingerprint density at radius 2 is 1.55 bits per heavy atom. The number of fused-ring (bicyclic) bond motifs is 1. The number of hydrogen-bond acceptors (Lipinski definition) is 3. The molecule has 1 aliphatic heterocycles. The maximum Gasteiger partial charge on any atom is 0.417 e. The standard InChI is InChI=1S/C28H27F9N2O3/c1-5-18-11-21-23(7-6-8-38(25(41)42-15(2)3)24(21)13-22(18)28(35,36)37)39(16(4)40)14-17-9-19(26(29,30)31)12-20(10-17)27(32,33)34/h5,9-13,15,23H,1,6-8,14H2,2-4H3. The Bertz CT molecular complexity index is 1320. The normalized spacial score (nSPS) is 16.1. The lowest BCUT2D eigenvalue weighted by Gasteiger charge is -2.33. The van der Waals surface area contributed by atoms with Gasteiger partial charge in [-0.2, -0.15) is 39.5 Å².